The predicted molar refractivity (Wildman–Crippen MR) is 66.1 cm³/mol. The van der Waals surface area contributed by atoms with Gasteiger partial charge in [0.15, 0.2) is 0 Å². The molecule has 0 spiro atoms. The maximum atomic E-state index is 12.2. The molecule has 0 bridgehead atoms. The zero-order valence-electron chi connectivity index (χ0n) is 10.3. The molecule has 0 amide bonds. The van der Waals surface area contributed by atoms with Crippen LogP contribution < -0.4 is 5.73 Å². The molecule has 0 aliphatic rings. The Morgan fingerprint density at radius 3 is 2.28 bits per heavy atom. The van der Waals surface area contributed by atoms with Crippen LogP contribution >= 0.6 is 0 Å². The van der Waals surface area contributed by atoms with E-state index in [1.54, 1.807) is 4.90 Å². The third-order valence-corrected chi connectivity index (χ3v) is 2.64. The molecule has 18 heavy (non-hydrogen) atoms. The molecule has 0 heterocycles. The van der Waals surface area contributed by atoms with Crippen molar-refractivity contribution in [1.82, 2.24) is 4.90 Å². The first-order chi connectivity index (χ1) is 8.51. The fourth-order valence-corrected chi connectivity index (χ4v) is 1.71. The van der Waals surface area contributed by atoms with Gasteiger partial charge in [0, 0.05) is 13.1 Å². The molecule has 0 aliphatic heterocycles. The van der Waals surface area contributed by atoms with E-state index in [-0.39, 0.29) is 6.54 Å². The average molecular weight is 260 g/mol. The molecule has 2 N–H and O–H groups in total. The van der Waals surface area contributed by atoms with Gasteiger partial charge in [-0.05, 0) is 25.1 Å². The molecule has 0 aromatic heterocycles. The van der Waals surface area contributed by atoms with Gasteiger partial charge in [0.25, 0.3) is 0 Å². The molecule has 0 radical (unpaired) electrons. The van der Waals surface area contributed by atoms with E-state index in [0.29, 0.717) is 26.1 Å². The minimum absolute atomic E-state index is 0.0262. The van der Waals surface area contributed by atoms with Crippen molar-refractivity contribution in [3.63, 3.8) is 0 Å². The molecule has 5 heteroatoms. The molecule has 0 saturated carbocycles. The second kappa shape index (κ2) is 7.38. The van der Waals surface area contributed by atoms with Crippen LogP contribution in [0.2, 0.25) is 0 Å². The van der Waals surface area contributed by atoms with Crippen LogP contribution in [0.5, 0.6) is 0 Å². The van der Waals surface area contributed by atoms with E-state index in [1.807, 2.05) is 30.3 Å². The van der Waals surface area contributed by atoms with Crippen LogP contribution in [-0.4, -0.2) is 30.7 Å². The molecule has 2 nitrogen and oxygen atoms in total. The lowest BCUT2D eigenvalue weighted by molar-refractivity contribution is -0.138. The molecule has 0 saturated heterocycles. The largest absolute Gasteiger partial charge is 0.390 e. The van der Waals surface area contributed by atoms with Gasteiger partial charge in [0.05, 0.1) is 6.42 Å². The summed E-state index contributed by atoms with van der Waals surface area (Å²) in [6.45, 7) is 1.66. The summed E-state index contributed by atoms with van der Waals surface area (Å²) in [7, 11) is 0. The van der Waals surface area contributed by atoms with Crippen LogP contribution in [-0.2, 0) is 6.54 Å². The second-order valence-corrected chi connectivity index (χ2v) is 4.27. The van der Waals surface area contributed by atoms with Crippen molar-refractivity contribution in [3.8, 4) is 0 Å². The molecule has 0 aliphatic carbocycles. The Morgan fingerprint density at radius 2 is 1.72 bits per heavy atom. The van der Waals surface area contributed by atoms with Gasteiger partial charge in [-0.1, -0.05) is 30.3 Å². The zero-order valence-corrected chi connectivity index (χ0v) is 10.3. The highest BCUT2D eigenvalue weighted by Crippen LogP contribution is 2.20. The highest BCUT2D eigenvalue weighted by molar-refractivity contribution is 5.14. The molecule has 1 aromatic rings. The number of hydrogen-bond donors (Lipinski definition) is 1. The summed E-state index contributed by atoms with van der Waals surface area (Å²) in [5, 5.41) is 0. The lowest BCUT2D eigenvalue weighted by Gasteiger charge is -2.22. The summed E-state index contributed by atoms with van der Waals surface area (Å²) in [6.07, 6.45) is -4.16. The summed E-state index contributed by atoms with van der Waals surface area (Å²) in [4.78, 5) is 1.80. The first-order valence-electron chi connectivity index (χ1n) is 6.04. The summed E-state index contributed by atoms with van der Waals surface area (Å²) >= 11 is 0. The molecule has 0 fully saturated rings. The first-order valence-corrected chi connectivity index (χ1v) is 6.04. The third kappa shape index (κ3) is 6.61. The maximum Gasteiger partial charge on any atom is 0.390 e. The van der Waals surface area contributed by atoms with Gasteiger partial charge in [-0.15, -0.1) is 0 Å². The van der Waals surface area contributed by atoms with Crippen LogP contribution in [0.1, 0.15) is 18.4 Å². The van der Waals surface area contributed by atoms with Gasteiger partial charge < -0.3 is 5.73 Å². The molecular formula is C13H19F3N2. The molecule has 0 unspecified atom stereocenters. The van der Waals surface area contributed by atoms with Crippen molar-refractivity contribution in [1.29, 1.82) is 0 Å². The summed E-state index contributed by atoms with van der Waals surface area (Å²) in [5.41, 5.74) is 6.43. The van der Waals surface area contributed by atoms with Crippen LogP contribution in [0, 0.1) is 0 Å². The second-order valence-electron chi connectivity index (χ2n) is 4.27. The average Bonchev–Trinajstić information content (AvgIpc) is 2.33. The van der Waals surface area contributed by atoms with Gasteiger partial charge in [-0.2, -0.15) is 13.2 Å². The third-order valence-electron chi connectivity index (χ3n) is 2.64. The normalized spacial score (nSPS) is 12.1. The van der Waals surface area contributed by atoms with Crippen molar-refractivity contribution in [2.45, 2.75) is 25.6 Å². The highest BCUT2D eigenvalue weighted by atomic mass is 19.4. The smallest absolute Gasteiger partial charge is 0.330 e. The van der Waals surface area contributed by atoms with Crippen molar-refractivity contribution in [2.24, 2.45) is 5.73 Å². The summed E-state index contributed by atoms with van der Waals surface area (Å²) in [6, 6.07) is 9.51. The molecular weight excluding hydrogens is 241 g/mol. The highest BCUT2D eigenvalue weighted by Gasteiger charge is 2.27. The van der Waals surface area contributed by atoms with E-state index < -0.39 is 12.6 Å². The number of halogens is 3. The predicted octanol–water partition coefficient (Wildman–Crippen LogP) is 2.79. The van der Waals surface area contributed by atoms with Gasteiger partial charge in [0.1, 0.15) is 0 Å². The summed E-state index contributed by atoms with van der Waals surface area (Å²) in [5.74, 6) is 0. The van der Waals surface area contributed by atoms with Crippen LogP contribution in [0.25, 0.3) is 0 Å². The minimum atomic E-state index is -4.10. The quantitative estimate of drug-likeness (QED) is 0.816. The molecule has 102 valence electrons. The van der Waals surface area contributed by atoms with Gasteiger partial charge >= 0.3 is 6.18 Å². The lowest BCUT2D eigenvalue weighted by atomic mass is 10.2. The number of hydrogen-bond acceptors (Lipinski definition) is 2. The standard InChI is InChI=1S/C13H19F3N2/c14-13(15,16)7-10-18(9-4-8-17)11-12-5-2-1-3-6-12/h1-3,5-6H,4,7-11,17H2. The SMILES string of the molecule is NCCCN(CCC(F)(F)F)Cc1ccccc1. The van der Waals surface area contributed by atoms with Crippen LogP contribution in [0.15, 0.2) is 30.3 Å². The Kier molecular flexibility index (Phi) is 6.15. The Bertz CT molecular complexity index is 325. The van der Waals surface area contributed by atoms with E-state index in [4.69, 9.17) is 5.73 Å². The minimum Gasteiger partial charge on any atom is -0.330 e. The van der Waals surface area contributed by atoms with E-state index in [0.717, 1.165) is 5.56 Å². The van der Waals surface area contributed by atoms with E-state index in [2.05, 4.69) is 0 Å². The van der Waals surface area contributed by atoms with Crippen molar-refractivity contribution in [3.05, 3.63) is 35.9 Å². The number of benzene rings is 1. The van der Waals surface area contributed by atoms with E-state index in [9.17, 15) is 13.2 Å². The van der Waals surface area contributed by atoms with Crippen LogP contribution in [0.3, 0.4) is 0 Å². The van der Waals surface area contributed by atoms with Crippen molar-refractivity contribution >= 4 is 0 Å². The monoisotopic (exact) mass is 260 g/mol. The van der Waals surface area contributed by atoms with E-state index in [1.165, 1.54) is 0 Å². The Labute approximate surface area is 106 Å². The summed E-state index contributed by atoms with van der Waals surface area (Å²) < 4.78 is 36.7. The molecule has 0 atom stereocenters. The van der Waals surface area contributed by atoms with Gasteiger partial charge in [0.2, 0.25) is 0 Å². The van der Waals surface area contributed by atoms with E-state index >= 15 is 0 Å². The van der Waals surface area contributed by atoms with Gasteiger partial charge in [-0.3, -0.25) is 4.90 Å². The number of rotatable bonds is 7. The van der Waals surface area contributed by atoms with Crippen molar-refractivity contribution < 1.29 is 13.2 Å². The fraction of sp³-hybridized carbons (Fsp3) is 0.538. The van der Waals surface area contributed by atoms with Gasteiger partial charge in [-0.25, -0.2) is 0 Å². The Balaban J connectivity index is 2.50. The topological polar surface area (TPSA) is 29.3 Å². The van der Waals surface area contributed by atoms with Crippen molar-refractivity contribution in [2.75, 3.05) is 19.6 Å². The first kappa shape index (κ1) is 15.0. The Hall–Kier alpha value is -1.07. The van der Waals surface area contributed by atoms with Crippen LogP contribution in [0.4, 0.5) is 13.2 Å². The maximum absolute atomic E-state index is 12.2. The number of nitrogens with two attached hydrogens (primary N) is 1. The molecule has 1 aromatic carbocycles. The fourth-order valence-electron chi connectivity index (χ4n) is 1.71. The zero-order chi connectivity index (χ0) is 13.4. The molecule has 1 rings (SSSR count). The number of alkyl halides is 3. The Morgan fingerprint density at radius 1 is 1.06 bits per heavy atom. The lowest BCUT2D eigenvalue weighted by Crippen LogP contribution is -2.30. The number of nitrogens with zero attached hydrogens (tertiary/aromatic N) is 1.